The summed E-state index contributed by atoms with van der Waals surface area (Å²) in [7, 11) is 0. The Morgan fingerprint density at radius 2 is 1.88 bits per heavy atom. The fraction of sp³-hybridized carbons (Fsp3) is 0.571. The first-order valence-corrected chi connectivity index (χ1v) is 5.83. The minimum Gasteiger partial charge on any atom is -0.492 e. The number of benzene rings is 1. The van der Waals surface area contributed by atoms with Crippen molar-refractivity contribution in [2.45, 2.75) is 40.2 Å². The maximum absolute atomic E-state index is 5.75. The average molecular weight is 221 g/mol. The van der Waals surface area contributed by atoms with Crippen molar-refractivity contribution in [2.24, 2.45) is 0 Å². The topological polar surface area (TPSA) is 21.3 Å². The van der Waals surface area contributed by atoms with E-state index >= 15 is 0 Å². The second-order valence-electron chi connectivity index (χ2n) is 5.29. The Labute approximate surface area is 99.0 Å². The molecule has 0 radical (unpaired) electrons. The molecule has 1 aromatic carbocycles. The van der Waals surface area contributed by atoms with E-state index in [2.05, 4.69) is 58.1 Å². The Morgan fingerprint density at radius 1 is 1.19 bits per heavy atom. The molecule has 0 aliphatic rings. The summed E-state index contributed by atoms with van der Waals surface area (Å²) < 4.78 is 5.75. The SMILES string of the molecule is Cc1ccc(C)c(OCCNC(C)(C)C)c1. The van der Waals surface area contributed by atoms with Gasteiger partial charge in [-0.05, 0) is 51.8 Å². The van der Waals surface area contributed by atoms with Crippen molar-refractivity contribution >= 4 is 0 Å². The van der Waals surface area contributed by atoms with Gasteiger partial charge in [0.05, 0.1) is 0 Å². The molecular formula is C14H23NO. The number of rotatable bonds is 4. The maximum atomic E-state index is 5.75. The first-order valence-electron chi connectivity index (χ1n) is 5.83. The maximum Gasteiger partial charge on any atom is 0.122 e. The van der Waals surface area contributed by atoms with Crippen LogP contribution in [-0.2, 0) is 0 Å². The van der Waals surface area contributed by atoms with Crippen molar-refractivity contribution < 1.29 is 4.74 Å². The van der Waals surface area contributed by atoms with Crippen molar-refractivity contribution in [3.05, 3.63) is 29.3 Å². The zero-order chi connectivity index (χ0) is 12.2. The Kier molecular flexibility index (Phi) is 4.36. The second-order valence-corrected chi connectivity index (χ2v) is 5.29. The summed E-state index contributed by atoms with van der Waals surface area (Å²) in [5.41, 5.74) is 2.59. The summed E-state index contributed by atoms with van der Waals surface area (Å²) in [6.45, 7) is 12.2. The highest BCUT2D eigenvalue weighted by Crippen LogP contribution is 2.18. The smallest absolute Gasteiger partial charge is 0.122 e. The van der Waals surface area contributed by atoms with E-state index < -0.39 is 0 Å². The van der Waals surface area contributed by atoms with Crippen LogP contribution in [0.25, 0.3) is 0 Å². The summed E-state index contributed by atoms with van der Waals surface area (Å²) in [4.78, 5) is 0. The van der Waals surface area contributed by atoms with Crippen LogP contribution in [0.15, 0.2) is 18.2 Å². The van der Waals surface area contributed by atoms with Gasteiger partial charge in [0.15, 0.2) is 0 Å². The first-order chi connectivity index (χ1) is 7.38. The molecule has 0 fully saturated rings. The third kappa shape index (κ3) is 4.67. The number of hydrogen-bond donors (Lipinski definition) is 1. The van der Waals surface area contributed by atoms with E-state index in [1.165, 1.54) is 11.1 Å². The average Bonchev–Trinajstić information content (AvgIpc) is 2.16. The van der Waals surface area contributed by atoms with Gasteiger partial charge in [-0.1, -0.05) is 12.1 Å². The molecule has 16 heavy (non-hydrogen) atoms. The van der Waals surface area contributed by atoms with Crippen molar-refractivity contribution in [3.8, 4) is 5.75 Å². The van der Waals surface area contributed by atoms with Gasteiger partial charge in [-0.2, -0.15) is 0 Å². The van der Waals surface area contributed by atoms with Gasteiger partial charge in [-0.15, -0.1) is 0 Å². The van der Waals surface area contributed by atoms with E-state index in [1.807, 2.05) is 0 Å². The number of aryl methyl sites for hydroxylation is 2. The molecule has 0 unspecified atom stereocenters. The lowest BCUT2D eigenvalue weighted by Crippen LogP contribution is -2.38. The predicted octanol–water partition coefficient (Wildman–Crippen LogP) is 3.07. The number of ether oxygens (including phenoxy) is 1. The highest BCUT2D eigenvalue weighted by atomic mass is 16.5. The molecule has 0 aliphatic heterocycles. The van der Waals surface area contributed by atoms with Crippen molar-refractivity contribution in [1.29, 1.82) is 0 Å². The molecule has 0 saturated carbocycles. The quantitative estimate of drug-likeness (QED) is 0.789. The zero-order valence-electron chi connectivity index (χ0n) is 11.1. The van der Waals surface area contributed by atoms with Gasteiger partial charge in [0.2, 0.25) is 0 Å². The van der Waals surface area contributed by atoms with E-state index in [0.717, 1.165) is 12.3 Å². The largest absolute Gasteiger partial charge is 0.492 e. The highest BCUT2D eigenvalue weighted by molar-refractivity contribution is 5.35. The highest BCUT2D eigenvalue weighted by Gasteiger charge is 2.07. The summed E-state index contributed by atoms with van der Waals surface area (Å²) in [6, 6.07) is 6.30. The molecule has 0 spiro atoms. The minimum atomic E-state index is 0.158. The van der Waals surface area contributed by atoms with Crippen LogP contribution >= 0.6 is 0 Å². The summed E-state index contributed by atoms with van der Waals surface area (Å²) in [6.07, 6.45) is 0. The fourth-order valence-electron chi connectivity index (χ4n) is 1.45. The second kappa shape index (κ2) is 5.35. The summed E-state index contributed by atoms with van der Waals surface area (Å²) in [5.74, 6) is 0.996. The number of hydrogen-bond acceptors (Lipinski definition) is 2. The lowest BCUT2D eigenvalue weighted by Gasteiger charge is -2.20. The van der Waals surface area contributed by atoms with Crippen molar-refractivity contribution in [2.75, 3.05) is 13.2 Å². The van der Waals surface area contributed by atoms with Crippen molar-refractivity contribution in [1.82, 2.24) is 5.32 Å². The van der Waals surface area contributed by atoms with E-state index in [1.54, 1.807) is 0 Å². The molecule has 0 bridgehead atoms. The molecule has 2 heteroatoms. The van der Waals surface area contributed by atoms with Gasteiger partial charge < -0.3 is 10.1 Å². The molecule has 1 aromatic rings. The van der Waals surface area contributed by atoms with Gasteiger partial charge in [-0.25, -0.2) is 0 Å². The van der Waals surface area contributed by atoms with E-state index in [9.17, 15) is 0 Å². The van der Waals surface area contributed by atoms with Crippen LogP contribution < -0.4 is 10.1 Å². The molecule has 90 valence electrons. The van der Waals surface area contributed by atoms with Gasteiger partial charge in [0, 0.05) is 12.1 Å². The Morgan fingerprint density at radius 3 is 2.50 bits per heavy atom. The van der Waals surface area contributed by atoms with Crippen molar-refractivity contribution in [3.63, 3.8) is 0 Å². The molecule has 2 nitrogen and oxygen atoms in total. The van der Waals surface area contributed by atoms with E-state index in [0.29, 0.717) is 6.61 Å². The first kappa shape index (κ1) is 13.0. The summed E-state index contributed by atoms with van der Waals surface area (Å²) >= 11 is 0. The van der Waals surface area contributed by atoms with Gasteiger partial charge in [0.25, 0.3) is 0 Å². The molecule has 0 atom stereocenters. The number of nitrogens with one attached hydrogen (secondary N) is 1. The zero-order valence-corrected chi connectivity index (χ0v) is 11.1. The molecule has 1 rings (SSSR count). The third-order valence-electron chi connectivity index (χ3n) is 2.36. The third-order valence-corrected chi connectivity index (χ3v) is 2.36. The van der Waals surface area contributed by atoms with Gasteiger partial charge in [-0.3, -0.25) is 0 Å². The monoisotopic (exact) mass is 221 g/mol. The predicted molar refractivity (Wildman–Crippen MR) is 69.2 cm³/mol. The molecule has 1 N–H and O–H groups in total. The van der Waals surface area contributed by atoms with Crippen LogP contribution in [0.4, 0.5) is 0 Å². The van der Waals surface area contributed by atoms with Crippen LogP contribution in [-0.4, -0.2) is 18.7 Å². The van der Waals surface area contributed by atoms with Crippen LogP contribution in [0.5, 0.6) is 5.75 Å². The molecular weight excluding hydrogens is 198 g/mol. The lowest BCUT2D eigenvalue weighted by atomic mass is 10.1. The lowest BCUT2D eigenvalue weighted by molar-refractivity contribution is 0.289. The van der Waals surface area contributed by atoms with Crippen LogP contribution in [0.3, 0.4) is 0 Å². The molecule has 0 aliphatic carbocycles. The minimum absolute atomic E-state index is 0.158. The summed E-state index contributed by atoms with van der Waals surface area (Å²) in [5, 5.41) is 3.40. The van der Waals surface area contributed by atoms with Crippen LogP contribution in [0.1, 0.15) is 31.9 Å². The van der Waals surface area contributed by atoms with Gasteiger partial charge >= 0.3 is 0 Å². The molecule has 0 amide bonds. The fourth-order valence-corrected chi connectivity index (χ4v) is 1.45. The molecule has 0 heterocycles. The normalized spacial score (nSPS) is 11.6. The standard InChI is InChI=1S/C14H23NO/c1-11-6-7-12(2)13(10-11)16-9-8-15-14(3,4)5/h6-7,10,15H,8-9H2,1-5H3. The van der Waals surface area contributed by atoms with E-state index in [-0.39, 0.29) is 5.54 Å². The van der Waals surface area contributed by atoms with Crippen LogP contribution in [0, 0.1) is 13.8 Å². The van der Waals surface area contributed by atoms with Gasteiger partial charge in [0.1, 0.15) is 12.4 Å². The van der Waals surface area contributed by atoms with E-state index in [4.69, 9.17) is 4.74 Å². The molecule has 0 aromatic heterocycles. The molecule has 0 saturated heterocycles. The Bertz CT molecular complexity index is 339. The Balaban J connectivity index is 2.40. The Hall–Kier alpha value is -1.02. The van der Waals surface area contributed by atoms with Crippen LogP contribution in [0.2, 0.25) is 0 Å².